The number of carbonyl (C=O) groups is 1. The van der Waals surface area contributed by atoms with Crippen LogP contribution in [0.4, 0.5) is 28.9 Å². The van der Waals surface area contributed by atoms with Crippen LogP contribution in [-0.4, -0.2) is 31.4 Å². The molecule has 6 rings (SSSR count). The number of nitrogens with zero attached hydrogens (tertiary/aromatic N) is 1. The Morgan fingerprint density at radius 1 is 1.07 bits per heavy atom. The predicted molar refractivity (Wildman–Crippen MR) is 165 cm³/mol. The monoisotopic (exact) mass is 654 g/mol. The number of fused-ring (bicyclic) bond motifs is 1. The van der Waals surface area contributed by atoms with Crippen LogP contribution in [-0.2, 0) is 21.2 Å². The van der Waals surface area contributed by atoms with Crippen LogP contribution in [0.1, 0.15) is 37.4 Å². The smallest absolute Gasteiger partial charge is 0.241 e. The molecule has 0 bridgehead atoms. The molecule has 0 aromatic heterocycles. The Morgan fingerprint density at radius 2 is 1.80 bits per heavy atom. The predicted octanol–water partition coefficient (Wildman–Crippen LogP) is 7.34. The number of hydrogen-bond donors (Lipinski definition) is 2. The summed E-state index contributed by atoms with van der Waals surface area (Å²) in [7, 11) is -4.28. The first-order chi connectivity index (χ1) is 21.8. The van der Waals surface area contributed by atoms with E-state index in [1.807, 2.05) is 30.3 Å². The van der Waals surface area contributed by atoms with Crippen molar-refractivity contribution in [2.75, 3.05) is 16.0 Å². The van der Waals surface area contributed by atoms with E-state index >= 15 is 13.2 Å². The Morgan fingerprint density at radius 3 is 2.50 bits per heavy atom. The van der Waals surface area contributed by atoms with Gasteiger partial charge in [0.25, 0.3) is 0 Å². The van der Waals surface area contributed by atoms with Gasteiger partial charge in [-0.2, -0.15) is 0 Å². The topological polar surface area (TPSA) is 95.9 Å². The van der Waals surface area contributed by atoms with Gasteiger partial charge in [-0.25, -0.2) is 26.0 Å². The highest BCUT2D eigenvalue weighted by Crippen LogP contribution is 2.52. The molecule has 1 amide bonds. The first kappa shape index (κ1) is 31.4. The van der Waals surface area contributed by atoms with Gasteiger partial charge in [0.1, 0.15) is 59.4 Å². The summed E-state index contributed by atoms with van der Waals surface area (Å²) in [4.78, 5) is 14.7. The van der Waals surface area contributed by atoms with Crippen molar-refractivity contribution in [3.63, 3.8) is 0 Å². The van der Waals surface area contributed by atoms with Gasteiger partial charge >= 0.3 is 0 Å². The van der Waals surface area contributed by atoms with Crippen molar-refractivity contribution in [2.45, 2.75) is 39.1 Å². The zero-order chi connectivity index (χ0) is 33.0. The summed E-state index contributed by atoms with van der Waals surface area (Å²) < 4.78 is 94.6. The maximum absolute atomic E-state index is 16.3. The molecular weight excluding hydrogens is 624 g/mol. The Bertz CT molecular complexity index is 1920. The molecule has 2 heterocycles. The van der Waals surface area contributed by atoms with Crippen LogP contribution in [0.2, 0.25) is 0 Å². The lowest BCUT2D eigenvalue weighted by Gasteiger charge is -2.38. The zero-order valence-electron chi connectivity index (χ0n) is 24.8. The van der Waals surface area contributed by atoms with Gasteiger partial charge in [-0.05, 0) is 47.7 Å². The van der Waals surface area contributed by atoms with E-state index in [1.54, 1.807) is 13.8 Å². The summed E-state index contributed by atoms with van der Waals surface area (Å²) >= 11 is 0. The van der Waals surface area contributed by atoms with Crippen LogP contribution in [0, 0.1) is 17.2 Å². The van der Waals surface area contributed by atoms with Gasteiger partial charge < -0.3 is 15.2 Å². The number of benzene rings is 3. The standard InChI is InChI=1S/C34H30F4N2O5S/c1-34(2)16-26-32(46(43,44)18-34)31(22-12-11-21(15-23(22)36)45-17-19-7-4-3-5-8-19)40(27-9-6-10-28(41)30(27)39-26)33(42)29-24(37)13-20(35)14-25(29)38/h3-15,24,29,31,39,41H,16-18H2,1-2H3. The minimum absolute atomic E-state index is 0.0884. The van der Waals surface area contributed by atoms with Gasteiger partial charge in [-0.1, -0.05) is 50.2 Å². The quantitative estimate of drug-likeness (QED) is 0.221. The molecule has 3 aliphatic rings. The Hall–Kier alpha value is -4.58. The number of rotatable bonds is 5. The number of phenolic OH excluding ortho intramolecular Hbond substituents is 1. The van der Waals surface area contributed by atoms with E-state index < -0.39 is 62.5 Å². The number of allylic oxidation sites excluding steroid dienone is 4. The van der Waals surface area contributed by atoms with Crippen molar-refractivity contribution in [3.8, 4) is 11.5 Å². The Balaban J connectivity index is 1.56. The van der Waals surface area contributed by atoms with Crippen molar-refractivity contribution >= 4 is 27.1 Å². The third-order valence-corrected chi connectivity index (χ3v) is 10.5. The van der Waals surface area contributed by atoms with Crippen molar-refractivity contribution < 1.29 is 40.6 Å². The molecule has 7 nitrogen and oxygen atoms in total. The van der Waals surface area contributed by atoms with E-state index in [0.29, 0.717) is 12.2 Å². The number of para-hydroxylation sites is 1. The van der Waals surface area contributed by atoms with E-state index in [1.165, 1.54) is 30.3 Å². The molecule has 3 aromatic carbocycles. The first-order valence-corrected chi connectivity index (χ1v) is 16.1. The van der Waals surface area contributed by atoms with Crippen LogP contribution in [0.3, 0.4) is 0 Å². The second kappa shape index (κ2) is 11.7. The lowest BCUT2D eigenvalue weighted by Crippen LogP contribution is -2.45. The van der Waals surface area contributed by atoms with Gasteiger partial charge in [-0.15, -0.1) is 0 Å². The lowest BCUT2D eigenvalue weighted by atomic mass is 9.88. The number of alkyl halides is 1. The highest BCUT2D eigenvalue weighted by atomic mass is 32.2. The number of amides is 1. The molecule has 0 radical (unpaired) electrons. The molecule has 3 atom stereocenters. The highest BCUT2D eigenvalue weighted by Gasteiger charge is 2.50. The fourth-order valence-corrected chi connectivity index (χ4v) is 8.62. The van der Waals surface area contributed by atoms with E-state index in [9.17, 15) is 22.7 Å². The summed E-state index contributed by atoms with van der Waals surface area (Å²) in [6.07, 6.45) is -1.53. The van der Waals surface area contributed by atoms with Gasteiger partial charge in [0.05, 0.1) is 16.3 Å². The maximum atomic E-state index is 16.3. The number of anilines is 2. The molecule has 0 fully saturated rings. The summed E-state index contributed by atoms with van der Waals surface area (Å²) in [5, 5.41) is 13.9. The minimum Gasteiger partial charge on any atom is -0.506 e. The number of sulfone groups is 1. The molecule has 0 saturated carbocycles. The summed E-state index contributed by atoms with van der Waals surface area (Å²) in [5.74, 6) is -7.77. The molecule has 0 saturated heterocycles. The first-order valence-electron chi connectivity index (χ1n) is 14.5. The van der Waals surface area contributed by atoms with E-state index in [4.69, 9.17) is 4.74 Å². The molecule has 2 N–H and O–H groups in total. The molecule has 46 heavy (non-hydrogen) atoms. The molecule has 1 aliphatic carbocycles. The molecule has 240 valence electrons. The second-order valence-electron chi connectivity index (χ2n) is 12.3. The van der Waals surface area contributed by atoms with Gasteiger partial charge in [0, 0.05) is 23.4 Å². The average Bonchev–Trinajstić information content (AvgIpc) is 3.10. The van der Waals surface area contributed by atoms with Crippen LogP contribution in [0.25, 0.3) is 0 Å². The normalized spacial score (nSPS) is 23.3. The Labute approximate surface area is 263 Å². The summed E-state index contributed by atoms with van der Waals surface area (Å²) in [5.41, 5.74) is -0.473. The fourth-order valence-electron chi connectivity index (χ4n) is 6.26. The fraction of sp³-hybridized carbons (Fsp3) is 0.265. The molecule has 12 heteroatoms. The number of halogens is 4. The molecule has 0 spiro atoms. The number of phenols is 1. The summed E-state index contributed by atoms with van der Waals surface area (Å²) in [6, 6.07) is 15.0. The van der Waals surface area contributed by atoms with Crippen molar-refractivity contribution in [2.24, 2.45) is 11.3 Å². The average molecular weight is 655 g/mol. The number of ether oxygens (including phenoxy) is 1. The van der Waals surface area contributed by atoms with Crippen LogP contribution < -0.4 is 15.0 Å². The number of aromatic hydroxyl groups is 1. The number of hydrogen-bond acceptors (Lipinski definition) is 6. The number of carbonyl (C=O) groups excluding carboxylic acids is 1. The highest BCUT2D eigenvalue weighted by molar-refractivity contribution is 7.95. The van der Waals surface area contributed by atoms with Crippen molar-refractivity contribution in [3.05, 3.63) is 118 Å². The van der Waals surface area contributed by atoms with Gasteiger partial charge in [-0.3, -0.25) is 9.69 Å². The second-order valence-corrected chi connectivity index (χ2v) is 14.3. The summed E-state index contributed by atoms with van der Waals surface area (Å²) in [6.45, 7) is 3.56. The lowest BCUT2D eigenvalue weighted by molar-refractivity contribution is -0.123. The number of nitrogens with one attached hydrogen (secondary N) is 1. The minimum atomic E-state index is -4.28. The van der Waals surface area contributed by atoms with Gasteiger partial charge in [0.2, 0.25) is 5.91 Å². The van der Waals surface area contributed by atoms with Crippen LogP contribution in [0.15, 0.2) is 101 Å². The zero-order valence-corrected chi connectivity index (χ0v) is 25.6. The largest absolute Gasteiger partial charge is 0.506 e. The third kappa shape index (κ3) is 5.77. The van der Waals surface area contributed by atoms with E-state index in [2.05, 4.69) is 5.32 Å². The van der Waals surface area contributed by atoms with Crippen molar-refractivity contribution in [1.29, 1.82) is 0 Å². The molecule has 3 aromatic rings. The van der Waals surface area contributed by atoms with E-state index in [-0.39, 0.29) is 52.1 Å². The molecular formula is C34H30F4N2O5S. The maximum Gasteiger partial charge on any atom is 0.241 e. The van der Waals surface area contributed by atoms with Crippen LogP contribution >= 0.6 is 0 Å². The van der Waals surface area contributed by atoms with E-state index in [0.717, 1.165) is 16.5 Å². The van der Waals surface area contributed by atoms with Crippen molar-refractivity contribution in [1.82, 2.24) is 0 Å². The molecule has 3 unspecified atom stereocenters. The third-order valence-electron chi connectivity index (χ3n) is 8.16. The Kier molecular flexibility index (Phi) is 7.95. The van der Waals surface area contributed by atoms with Gasteiger partial charge in [0.15, 0.2) is 9.84 Å². The van der Waals surface area contributed by atoms with Crippen LogP contribution in [0.5, 0.6) is 11.5 Å². The SMILES string of the molecule is CC1(C)CC2=C(C(c3ccc(OCc4ccccc4)cc3F)N(C(=O)C3C(F)=CC(F)=CC3F)c3cccc(O)c3N2)S(=O)(=O)C1. The molecule has 2 aliphatic heterocycles.